The zero-order valence-electron chi connectivity index (χ0n) is 13.3. The minimum atomic E-state index is -0.119. The van der Waals surface area contributed by atoms with E-state index in [2.05, 4.69) is 4.98 Å². The molecule has 1 fully saturated rings. The maximum absolute atomic E-state index is 12.7. The first-order valence-corrected chi connectivity index (χ1v) is 7.66. The predicted octanol–water partition coefficient (Wildman–Crippen LogP) is 1.47. The summed E-state index contributed by atoms with van der Waals surface area (Å²) in [7, 11) is 1.81. The number of aryl methyl sites for hydroxylation is 1. The third kappa shape index (κ3) is 2.97. The number of nitrogens with zero attached hydrogens (tertiary/aromatic N) is 4. The molecule has 2 heterocycles. The summed E-state index contributed by atoms with van der Waals surface area (Å²) in [4.78, 5) is 32.4. The van der Waals surface area contributed by atoms with Crippen molar-refractivity contribution in [3.05, 3.63) is 54.1 Å². The Kier molecular flexibility index (Phi) is 4.14. The Labute approximate surface area is 135 Å². The van der Waals surface area contributed by atoms with E-state index in [1.807, 2.05) is 35.2 Å². The third-order valence-electron chi connectivity index (χ3n) is 4.27. The van der Waals surface area contributed by atoms with Gasteiger partial charge in [0.05, 0.1) is 6.04 Å². The van der Waals surface area contributed by atoms with Crippen molar-refractivity contribution in [2.24, 2.45) is 7.05 Å². The van der Waals surface area contributed by atoms with Crippen molar-refractivity contribution in [2.75, 3.05) is 19.6 Å². The highest BCUT2D eigenvalue weighted by Crippen LogP contribution is 2.26. The van der Waals surface area contributed by atoms with Gasteiger partial charge < -0.3 is 14.4 Å². The minimum Gasteiger partial charge on any atom is -0.332 e. The lowest BCUT2D eigenvalue weighted by Gasteiger charge is -2.41. The van der Waals surface area contributed by atoms with Gasteiger partial charge in [0.15, 0.2) is 5.82 Å². The van der Waals surface area contributed by atoms with E-state index >= 15 is 0 Å². The van der Waals surface area contributed by atoms with Crippen LogP contribution in [0.3, 0.4) is 0 Å². The molecular weight excluding hydrogens is 292 g/mol. The molecule has 0 bridgehead atoms. The molecule has 0 aliphatic carbocycles. The Hall–Kier alpha value is -2.63. The minimum absolute atomic E-state index is 0.0305. The molecule has 0 radical (unpaired) electrons. The molecule has 6 heteroatoms. The van der Waals surface area contributed by atoms with Gasteiger partial charge in [-0.05, 0) is 5.56 Å². The van der Waals surface area contributed by atoms with Crippen LogP contribution in [0.5, 0.6) is 0 Å². The summed E-state index contributed by atoms with van der Waals surface area (Å²) < 4.78 is 1.72. The number of hydrogen-bond donors (Lipinski definition) is 0. The molecule has 0 N–H and O–H groups in total. The number of rotatable bonds is 2. The smallest absolute Gasteiger partial charge is 0.289 e. The summed E-state index contributed by atoms with van der Waals surface area (Å²) in [5, 5.41) is 0. The largest absolute Gasteiger partial charge is 0.332 e. The number of piperazine rings is 1. The average molecular weight is 312 g/mol. The molecule has 1 atom stereocenters. The lowest BCUT2D eigenvalue weighted by Crippen LogP contribution is -2.52. The zero-order chi connectivity index (χ0) is 16.4. The topological polar surface area (TPSA) is 58.4 Å². The SMILES string of the molecule is CC(=O)N1CCN(C(=O)c2nccn2C)CC1c1ccccc1. The molecule has 0 saturated carbocycles. The Morgan fingerprint density at radius 1 is 1.17 bits per heavy atom. The van der Waals surface area contributed by atoms with E-state index in [4.69, 9.17) is 0 Å². The van der Waals surface area contributed by atoms with Crippen molar-refractivity contribution >= 4 is 11.8 Å². The molecule has 0 spiro atoms. The van der Waals surface area contributed by atoms with Gasteiger partial charge >= 0.3 is 0 Å². The molecule has 1 aliphatic heterocycles. The highest BCUT2D eigenvalue weighted by atomic mass is 16.2. The molecule has 3 rings (SSSR count). The van der Waals surface area contributed by atoms with Crippen molar-refractivity contribution in [1.82, 2.24) is 19.4 Å². The van der Waals surface area contributed by atoms with Crippen molar-refractivity contribution < 1.29 is 9.59 Å². The van der Waals surface area contributed by atoms with Crippen LogP contribution >= 0.6 is 0 Å². The van der Waals surface area contributed by atoms with Gasteiger partial charge in [-0.15, -0.1) is 0 Å². The van der Waals surface area contributed by atoms with E-state index in [-0.39, 0.29) is 17.9 Å². The van der Waals surface area contributed by atoms with Crippen LogP contribution in [0.1, 0.15) is 29.1 Å². The predicted molar refractivity (Wildman–Crippen MR) is 85.7 cm³/mol. The number of hydrogen-bond acceptors (Lipinski definition) is 3. The van der Waals surface area contributed by atoms with E-state index < -0.39 is 0 Å². The molecule has 23 heavy (non-hydrogen) atoms. The molecule has 1 saturated heterocycles. The third-order valence-corrected chi connectivity index (χ3v) is 4.27. The fraction of sp³-hybridized carbons (Fsp3) is 0.353. The van der Waals surface area contributed by atoms with Crippen LogP contribution < -0.4 is 0 Å². The quantitative estimate of drug-likeness (QED) is 0.843. The number of carbonyl (C=O) groups is 2. The first-order chi connectivity index (χ1) is 11.1. The molecule has 2 aromatic rings. The lowest BCUT2D eigenvalue weighted by molar-refractivity contribution is -0.133. The summed E-state index contributed by atoms with van der Waals surface area (Å²) in [6.45, 7) is 3.11. The summed E-state index contributed by atoms with van der Waals surface area (Å²) in [6.07, 6.45) is 3.38. The molecule has 1 aromatic carbocycles. The molecular formula is C17H20N4O2. The fourth-order valence-electron chi connectivity index (χ4n) is 3.02. The summed E-state index contributed by atoms with van der Waals surface area (Å²) in [5.41, 5.74) is 1.04. The summed E-state index contributed by atoms with van der Waals surface area (Å²) >= 11 is 0. The second-order valence-corrected chi connectivity index (χ2v) is 5.75. The maximum Gasteiger partial charge on any atom is 0.289 e. The Bertz CT molecular complexity index is 710. The number of carbonyl (C=O) groups excluding carboxylic acids is 2. The van der Waals surface area contributed by atoms with Gasteiger partial charge in [0.2, 0.25) is 5.91 Å². The van der Waals surface area contributed by atoms with E-state index in [1.165, 1.54) is 0 Å². The van der Waals surface area contributed by atoms with Crippen LogP contribution in [0.25, 0.3) is 0 Å². The van der Waals surface area contributed by atoms with Gasteiger partial charge in [-0.2, -0.15) is 0 Å². The van der Waals surface area contributed by atoms with E-state index in [9.17, 15) is 9.59 Å². The van der Waals surface area contributed by atoms with Gasteiger partial charge in [0.1, 0.15) is 0 Å². The molecule has 1 aromatic heterocycles. The fourth-order valence-corrected chi connectivity index (χ4v) is 3.02. The average Bonchev–Trinajstić information content (AvgIpc) is 3.00. The van der Waals surface area contributed by atoms with Crippen LogP contribution in [-0.4, -0.2) is 50.8 Å². The van der Waals surface area contributed by atoms with Crippen molar-refractivity contribution in [3.63, 3.8) is 0 Å². The Morgan fingerprint density at radius 3 is 2.52 bits per heavy atom. The molecule has 1 unspecified atom stereocenters. The number of imidazole rings is 1. The van der Waals surface area contributed by atoms with Crippen molar-refractivity contribution in [3.8, 4) is 0 Å². The van der Waals surface area contributed by atoms with Gasteiger partial charge in [-0.1, -0.05) is 30.3 Å². The zero-order valence-corrected chi connectivity index (χ0v) is 13.3. The van der Waals surface area contributed by atoms with Crippen molar-refractivity contribution in [2.45, 2.75) is 13.0 Å². The summed E-state index contributed by atoms with van der Waals surface area (Å²) in [6, 6.07) is 9.72. The first-order valence-electron chi connectivity index (χ1n) is 7.66. The highest BCUT2D eigenvalue weighted by molar-refractivity contribution is 5.91. The van der Waals surface area contributed by atoms with Crippen LogP contribution in [0.2, 0.25) is 0 Å². The molecule has 120 valence electrons. The molecule has 1 aliphatic rings. The maximum atomic E-state index is 12.7. The number of aromatic nitrogens is 2. The molecule has 6 nitrogen and oxygen atoms in total. The van der Waals surface area contributed by atoms with Crippen LogP contribution in [0.4, 0.5) is 0 Å². The standard InChI is InChI=1S/C17H20N4O2/c1-13(22)21-11-10-20(17(23)16-18-8-9-19(16)2)12-15(21)14-6-4-3-5-7-14/h3-9,15H,10-12H2,1-2H3. The van der Waals surface area contributed by atoms with Gasteiger partial charge in [0, 0.05) is 46.0 Å². The van der Waals surface area contributed by atoms with Gasteiger partial charge in [-0.25, -0.2) is 4.98 Å². The first kappa shape index (κ1) is 15.3. The Morgan fingerprint density at radius 2 is 1.91 bits per heavy atom. The van der Waals surface area contributed by atoms with Crippen molar-refractivity contribution in [1.29, 1.82) is 0 Å². The normalized spacial score (nSPS) is 18.1. The number of benzene rings is 1. The lowest BCUT2D eigenvalue weighted by atomic mass is 10.0. The summed E-state index contributed by atoms with van der Waals surface area (Å²) in [5.74, 6) is 0.359. The van der Waals surface area contributed by atoms with Gasteiger partial charge in [-0.3, -0.25) is 9.59 Å². The Balaban J connectivity index is 1.85. The number of amides is 2. The van der Waals surface area contributed by atoms with E-state index in [0.29, 0.717) is 25.5 Å². The monoisotopic (exact) mass is 312 g/mol. The van der Waals surface area contributed by atoms with Crippen LogP contribution in [0, 0.1) is 0 Å². The van der Waals surface area contributed by atoms with Crippen LogP contribution in [0.15, 0.2) is 42.7 Å². The second kappa shape index (κ2) is 6.24. The van der Waals surface area contributed by atoms with Crippen LogP contribution in [-0.2, 0) is 11.8 Å². The highest BCUT2D eigenvalue weighted by Gasteiger charge is 2.33. The molecule has 2 amide bonds. The van der Waals surface area contributed by atoms with E-state index in [0.717, 1.165) is 5.56 Å². The second-order valence-electron chi connectivity index (χ2n) is 5.75. The van der Waals surface area contributed by atoms with E-state index in [1.54, 1.807) is 35.8 Å². The van der Waals surface area contributed by atoms with Gasteiger partial charge in [0.25, 0.3) is 5.91 Å².